The van der Waals surface area contributed by atoms with Gasteiger partial charge in [0.25, 0.3) is 5.91 Å². The molecule has 1 fully saturated rings. The number of amides is 1. The third-order valence-electron chi connectivity index (χ3n) is 3.27. The van der Waals surface area contributed by atoms with E-state index < -0.39 is 0 Å². The molecule has 1 saturated heterocycles. The zero-order chi connectivity index (χ0) is 13.8. The zero-order valence-corrected chi connectivity index (χ0v) is 12.0. The Balaban J connectivity index is 1.90. The van der Waals surface area contributed by atoms with E-state index in [1.54, 1.807) is 18.2 Å². The summed E-state index contributed by atoms with van der Waals surface area (Å²) in [5, 5.41) is 3.56. The number of aryl methyl sites for hydroxylation is 1. The molecule has 1 atom stereocenters. The lowest BCUT2D eigenvalue weighted by Gasteiger charge is -2.30. The number of carbonyl (C=O) groups is 1. The van der Waals surface area contributed by atoms with Crippen molar-refractivity contribution in [1.82, 2.24) is 10.2 Å². The van der Waals surface area contributed by atoms with Crippen LogP contribution in [0.3, 0.4) is 0 Å². The minimum Gasteiger partial charge on any atom is -0.374 e. The highest BCUT2D eigenvalue weighted by Gasteiger charge is 2.18. The summed E-state index contributed by atoms with van der Waals surface area (Å²) < 4.78 is 5.61. The highest BCUT2D eigenvalue weighted by Crippen LogP contribution is 2.15. The van der Waals surface area contributed by atoms with Crippen LogP contribution in [0.5, 0.6) is 0 Å². The SMILES string of the molecule is Cc1cc(Cl)ccc1C(=O)NCC1CN(C)CCO1. The summed E-state index contributed by atoms with van der Waals surface area (Å²) in [6.45, 7) is 4.93. The first kappa shape index (κ1) is 14.3. The second-order valence-corrected chi connectivity index (χ2v) is 5.36. The summed E-state index contributed by atoms with van der Waals surface area (Å²) >= 11 is 5.88. The molecule has 1 aromatic rings. The first-order valence-corrected chi connectivity index (χ1v) is 6.78. The molecule has 1 unspecified atom stereocenters. The van der Waals surface area contributed by atoms with E-state index in [-0.39, 0.29) is 12.0 Å². The van der Waals surface area contributed by atoms with Crippen LogP contribution in [0.1, 0.15) is 15.9 Å². The molecular weight excluding hydrogens is 264 g/mol. The van der Waals surface area contributed by atoms with Crippen LogP contribution in [-0.4, -0.2) is 50.2 Å². The van der Waals surface area contributed by atoms with Crippen LogP contribution in [0.25, 0.3) is 0 Å². The minimum absolute atomic E-state index is 0.0651. The molecule has 19 heavy (non-hydrogen) atoms. The monoisotopic (exact) mass is 282 g/mol. The Bertz CT molecular complexity index is 465. The largest absolute Gasteiger partial charge is 0.374 e. The molecule has 1 aliphatic heterocycles. The molecule has 0 saturated carbocycles. The van der Waals surface area contributed by atoms with Gasteiger partial charge in [0.05, 0.1) is 12.7 Å². The maximum Gasteiger partial charge on any atom is 0.251 e. The smallest absolute Gasteiger partial charge is 0.251 e. The topological polar surface area (TPSA) is 41.6 Å². The normalized spacial score (nSPS) is 20.3. The van der Waals surface area contributed by atoms with Gasteiger partial charge in [-0.3, -0.25) is 4.79 Å². The molecule has 0 spiro atoms. The first-order valence-electron chi connectivity index (χ1n) is 6.41. The van der Waals surface area contributed by atoms with Gasteiger partial charge in [-0.15, -0.1) is 0 Å². The van der Waals surface area contributed by atoms with Gasteiger partial charge in [-0.1, -0.05) is 11.6 Å². The van der Waals surface area contributed by atoms with E-state index in [1.807, 2.05) is 6.92 Å². The lowest BCUT2D eigenvalue weighted by Crippen LogP contribution is -2.46. The number of hydrogen-bond acceptors (Lipinski definition) is 3. The third kappa shape index (κ3) is 3.93. The van der Waals surface area contributed by atoms with Crippen LogP contribution in [-0.2, 0) is 4.74 Å². The van der Waals surface area contributed by atoms with E-state index >= 15 is 0 Å². The van der Waals surface area contributed by atoms with Crippen LogP contribution < -0.4 is 5.32 Å². The summed E-state index contributed by atoms with van der Waals surface area (Å²) in [6, 6.07) is 5.27. The molecule has 1 N–H and O–H groups in total. The number of rotatable bonds is 3. The van der Waals surface area contributed by atoms with Crippen molar-refractivity contribution in [3.63, 3.8) is 0 Å². The molecule has 1 amide bonds. The number of likely N-dealkylation sites (N-methyl/N-ethyl adjacent to an activating group) is 1. The fourth-order valence-electron chi connectivity index (χ4n) is 2.17. The molecule has 0 aliphatic carbocycles. The van der Waals surface area contributed by atoms with Gasteiger partial charge in [0.15, 0.2) is 0 Å². The van der Waals surface area contributed by atoms with E-state index in [4.69, 9.17) is 16.3 Å². The Hall–Kier alpha value is -1.10. The number of benzene rings is 1. The Labute approximate surface area is 118 Å². The maximum atomic E-state index is 12.1. The maximum absolute atomic E-state index is 12.1. The van der Waals surface area contributed by atoms with E-state index in [0.717, 1.165) is 25.3 Å². The average molecular weight is 283 g/mol. The third-order valence-corrected chi connectivity index (χ3v) is 3.50. The van der Waals surface area contributed by atoms with E-state index in [1.165, 1.54) is 0 Å². The molecule has 0 radical (unpaired) electrons. The first-order chi connectivity index (χ1) is 9.06. The molecule has 5 heteroatoms. The predicted octanol–water partition coefficient (Wildman–Crippen LogP) is 1.71. The van der Waals surface area contributed by atoms with Gasteiger partial charge in [-0.2, -0.15) is 0 Å². The Morgan fingerprint density at radius 3 is 3.05 bits per heavy atom. The van der Waals surface area contributed by atoms with Gasteiger partial charge in [0, 0.05) is 30.2 Å². The standard InChI is InChI=1S/C14H19ClN2O2/c1-10-7-11(15)3-4-13(10)14(18)16-8-12-9-17(2)5-6-19-12/h3-4,7,12H,5-6,8-9H2,1-2H3,(H,16,18). The quantitative estimate of drug-likeness (QED) is 0.918. The summed E-state index contributed by atoms with van der Waals surface area (Å²) in [6.07, 6.45) is 0.0651. The van der Waals surface area contributed by atoms with Crippen LogP contribution >= 0.6 is 11.6 Å². The molecular formula is C14H19ClN2O2. The number of morpholine rings is 1. The average Bonchev–Trinajstić information content (AvgIpc) is 2.36. The van der Waals surface area contributed by atoms with Crippen molar-refractivity contribution in [2.45, 2.75) is 13.0 Å². The zero-order valence-electron chi connectivity index (χ0n) is 11.3. The predicted molar refractivity (Wildman–Crippen MR) is 75.8 cm³/mol. The van der Waals surface area contributed by atoms with Crippen molar-refractivity contribution < 1.29 is 9.53 Å². The van der Waals surface area contributed by atoms with Crippen molar-refractivity contribution >= 4 is 17.5 Å². The number of carbonyl (C=O) groups excluding carboxylic acids is 1. The fraction of sp³-hybridized carbons (Fsp3) is 0.500. The number of ether oxygens (including phenoxy) is 1. The second-order valence-electron chi connectivity index (χ2n) is 4.92. The summed E-state index contributed by atoms with van der Waals surface area (Å²) in [5.74, 6) is -0.0778. The van der Waals surface area contributed by atoms with Gasteiger partial charge in [0.2, 0.25) is 0 Å². The lowest BCUT2D eigenvalue weighted by atomic mass is 10.1. The number of hydrogen-bond donors (Lipinski definition) is 1. The molecule has 0 bridgehead atoms. The molecule has 1 heterocycles. The van der Waals surface area contributed by atoms with Crippen molar-refractivity contribution in [3.05, 3.63) is 34.3 Å². The molecule has 0 aromatic heterocycles. The van der Waals surface area contributed by atoms with Crippen LogP contribution in [0.4, 0.5) is 0 Å². The van der Waals surface area contributed by atoms with Crippen molar-refractivity contribution in [2.24, 2.45) is 0 Å². The highest BCUT2D eigenvalue weighted by molar-refractivity contribution is 6.30. The highest BCUT2D eigenvalue weighted by atomic mass is 35.5. The van der Waals surface area contributed by atoms with Crippen LogP contribution in [0, 0.1) is 6.92 Å². The van der Waals surface area contributed by atoms with Gasteiger partial charge >= 0.3 is 0 Å². The number of nitrogens with one attached hydrogen (secondary N) is 1. The Morgan fingerprint density at radius 2 is 2.37 bits per heavy atom. The molecule has 4 nitrogen and oxygen atoms in total. The van der Waals surface area contributed by atoms with Crippen molar-refractivity contribution in [3.8, 4) is 0 Å². The summed E-state index contributed by atoms with van der Waals surface area (Å²) in [4.78, 5) is 14.3. The summed E-state index contributed by atoms with van der Waals surface area (Å²) in [5.41, 5.74) is 1.54. The van der Waals surface area contributed by atoms with Crippen LogP contribution in [0.15, 0.2) is 18.2 Å². The van der Waals surface area contributed by atoms with Gasteiger partial charge in [-0.05, 0) is 37.7 Å². The summed E-state index contributed by atoms with van der Waals surface area (Å²) in [7, 11) is 2.06. The van der Waals surface area contributed by atoms with Gasteiger partial charge in [-0.25, -0.2) is 0 Å². The van der Waals surface area contributed by atoms with Gasteiger partial charge < -0.3 is 15.0 Å². The number of halogens is 1. The molecule has 104 valence electrons. The number of nitrogens with zero attached hydrogens (tertiary/aromatic N) is 1. The molecule has 2 rings (SSSR count). The Kier molecular flexibility index (Phi) is 4.80. The van der Waals surface area contributed by atoms with Crippen molar-refractivity contribution in [2.75, 3.05) is 33.3 Å². The van der Waals surface area contributed by atoms with E-state index in [2.05, 4.69) is 17.3 Å². The lowest BCUT2D eigenvalue weighted by molar-refractivity contribution is -0.0175. The Morgan fingerprint density at radius 1 is 1.58 bits per heavy atom. The fourth-order valence-corrected chi connectivity index (χ4v) is 2.40. The van der Waals surface area contributed by atoms with E-state index in [9.17, 15) is 4.79 Å². The van der Waals surface area contributed by atoms with Crippen LogP contribution in [0.2, 0.25) is 5.02 Å². The van der Waals surface area contributed by atoms with Gasteiger partial charge in [0.1, 0.15) is 0 Å². The molecule has 1 aliphatic rings. The second kappa shape index (κ2) is 6.37. The molecule has 1 aromatic carbocycles. The van der Waals surface area contributed by atoms with E-state index in [0.29, 0.717) is 17.1 Å². The minimum atomic E-state index is -0.0778. The van der Waals surface area contributed by atoms with Crippen molar-refractivity contribution in [1.29, 1.82) is 0 Å².